The molecule has 0 aromatic heterocycles. The molecule has 5 nitrogen and oxygen atoms in total. The zero-order valence-electron chi connectivity index (χ0n) is 40.1. The van der Waals surface area contributed by atoms with Gasteiger partial charge in [0.15, 0.2) is 0 Å². The number of alkyl halides is 4. The Hall–Kier alpha value is -2.66. The maximum Gasteiger partial charge on any atom is 0.416 e. The maximum atomic E-state index is 12.8. The number of hydrogen-bond acceptors (Lipinski definition) is 5. The van der Waals surface area contributed by atoms with Gasteiger partial charge in [-0.05, 0) is 133 Å². The number of benzene rings is 3. The molecular formula is C55H80Cl3F3N2O3. The molecule has 1 saturated heterocycles. The van der Waals surface area contributed by atoms with Gasteiger partial charge in [0, 0.05) is 19.0 Å². The minimum absolute atomic E-state index is 0. The van der Waals surface area contributed by atoms with Crippen molar-refractivity contribution in [3.05, 3.63) is 132 Å². The Morgan fingerprint density at radius 1 is 0.970 bits per heavy atom. The van der Waals surface area contributed by atoms with Gasteiger partial charge in [0.2, 0.25) is 0 Å². The smallest absolute Gasteiger partial charge is 0.393 e. The Balaban J connectivity index is 0.000000373. The second kappa shape index (κ2) is 29.4. The molecule has 0 radical (unpaired) electrons. The van der Waals surface area contributed by atoms with Crippen LogP contribution in [0.2, 0.25) is 0 Å². The number of halogens is 6. The standard InChI is InChI=1S/C27H44O2.C22H22F3N.C3H5ClO.C3H7N.2ClH/c1-18(2)8-6-9-19(3)24-13-14-25-21(10-7-15-27(24,25)5)11-12-22-16-23(28)17-26(29)20(22)4;1-16(20-13-5-10-18-9-2-3-12-21(18)20)26-14-6-8-17-7-4-11-19(15-17)22(23,24)25;4-1-3-2-5-3;1-2-3-4;;/h11-12,18-19,23-26,28-29H,4,6-10,13-17H2,1-3,5H3;2-5,7,9-13,15-16,26H,6,8,14H2,1H3;3H,1-2H2;2H,1,3-4H2;2*1H/b21-11+,22-12-;;;;;/t19-,23-,24-,25+,26+,27-;16-;;;;/m11..../s1. The third-order valence-electron chi connectivity index (χ3n) is 13.8. The van der Waals surface area contributed by atoms with Crippen LogP contribution in [-0.4, -0.2) is 54.1 Å². The van der Waals surface area contributed by atoms with E-state index in [1.54, 1.807) is 17.7 Å². The fraction of sp³-hybridized carbons (Fsp3) is 0.564. The van der Waals surface area contributed by atoms with Crippen molar-refractivity contribution in [1.29, 1.82) is 0 Å². The van der Waals surface area contributed by atoms with Crippen molar-refractivity contribution in [2.24, 2.45) is 34.8 Å². The first kappa shape index (κ1) is 59.5. The SMILES string of the molecule is C=C1/C(=C\C=C2/CCC[C@]3(C)[C@@H]([C@H](C)CCCC(C)C)CC[C@@H]23)C[C@@H](O)C[C@@H]1O.C=CCN.C[C@@H](NCCCc1cccc(C(F)(F)F)c1)c1cccc2ccccc12.Cl.Cl.ClCC1CO1. The molecule has 3 aliphatic carbocycles. The highest BCUT2D eigenvalue weighted by Gasteiger charge is 2.50. The lowest BCUT2D eigenvalue weighted by atomic mass is 9.60. The molecule has 8 atom stereocenters. The molecule has 370 valence electrons. The Labute approximate surface area is 412 Å². The average molecular weight is 981 g/mol. The van der Waals surface area contributed by atoms with Crippen molar-refractivity contribution in [3.8, 4) is 0 Å². The molecule has 4 fully saturated rings. The molecule has 11 heteroatoms. The molecule has 1 unspecified atom stereocenters. The van der Waals surface area contributed by atoms with Gasteiger partial charge in [-0.15, -0.1) is 43.0 Å². The van der Waals surface area contributed by atoms with Crippen LogP contribution in [0.15, 0.2) is 115 Å². The van der Waals surface area contributed by atoms with Gasteiger partial charge in [0.1, 0.15) is 0 Å². The Bertz CT molecular complexity index is 1960. The van der Waals surface area contributed by atoms with E-state index in [0.717, 1.165) is 60.1 Å². The van der Waals surface area contributed by atoms with Crippen molar-refractivity contribution in [3.63, 3.8) is 0 Å². The average Bonchev–Trinajstić information content (AvgIpc) is 4.05. The van der Waals surface area contributed by atoms with E-state index in [4.69, 9.17) is 22.1 Å². The van der Waals surface area contributed by atoms with Gasteiger partial charge in [-0.3, -0.25) is 0 Å². The van der Waals surface area contributed by atoms with E-state index in [2.05, 4.69) is 95.6 Å². The van der Waals surface area contributed by atoms with Gasteiger partial charge in [0.05, 0.1) is 36.4 Å². The van der Waals surface area contributed by atoms with Crippen LogP contribution in [0.3, 0.4) is 0 Å². The van der Waals surface area contributed by atoms with Crippen molar-refractivity contribution < 1.29 is 28.1 Å². The lowest BCUT2D eigenvalue weighted by molar-refractivity contribution is -0.137. The molecule has 7 rings (SSSR count). The van der Waals surface area contributed by atoms with E-state index in [1.165, 1.54) is 79.8 Å². The summed E-state index contributed by atoms with van der Waals surface area (Å²) in [7, 11) is 0. The first-order valence-corrected chi connectivity index (χ1v) is 24.4. The van der Waals surface area contributed by atoms with E-state index in [-0.39, 0.29) is 30.9 Å². The number of aliphatic hydroxyl groups excluding tert-OH is 2. The quantitative estimate of drug-likeness (QED) is 0.0559. The molecule has 3 aromatic carbocycles. The number of hydrogen-bond donors (Lipinski definition) is 4. The maximum absolute atomic E-state index is 12.8. The first-order valence-electron chi connectivity index (χ1n) is 23.8. The van der Waals surface area contributed by atoms with Crippen LogP contribution in [0.1, 0.15) is 128 Å². The van der Waals surface area contributed by atoms with Crippen LogP contribution in [0, 0.1) is 29.1 Å². The number of ether oxygens (including phenoxy) is 1. The number of nitrogens with one attached hydrogen (secondary N) is 1. The minimum atomic E-state index is -4.28. The number of aryl methyl sites for hydroxylation is 1. The number of nitrogens with two attached hydrogens (primary N) is 1. The second-order valence-corrected chi connectivity index (χ2v) is 19.5. The van der Waals surface area contributed by atoms with Gasteiger partial charge in [-0.1, -0.05) is 138 Å². The van der Waals surface area contributed by atoms with Gasteiger partial charge in [-0.2, -0.15) is 13.2 Å². The summed E-state index contributed by atoms with van der Waals surface area (Å²) in [5, 5.41) is 26.1. The number of epoxide rings is 1. The Morgan fingerprint density at radius 2 is 1.65 bits per heavy atom. The van der Waals surface area contributed by atoms with Crippen molar-refractivity contribution in [1.82, 2.24) is 5.32 Å². The molecule has 3 aromatic rings. The Morgan fingerprint density at radius 3 is 2.29 bits per heavy atom. The first-order chi connectivity index (χ1) is 30.5. The summed E-state index contributed by atoms with van der Waals surface area (Å²) in [4.78, 5) is 0. The van der Waals surface area contributed by atoms with E-state index < -0.39 is 23.9 Å². The summed E-state index contributed by atoms with van der Waals surface area (Å²) in [6.07, 6.45) is 14.4. The van der Waals surface area contributed by atoms with E-state index in [1.807, 2.05) is 12.1 Å². The highest BCUT2D eigenvalue weighted by Crippen LogP contribution is 2.60. The Kier molecular flexibility index (Phi) is 26.5. The van der Waals surface area contributed by atoms with Gasteiger partial charge in [-0.25, -0.2) is 0 Å². The lowest BCUT2D eigenvalue weighted by Gasteiger charge is -2.44. The lowest BCUT2D eigenvalue weighted by Crippen LogP contribution is -2.36. The van der Waals surface area contributed by atoms with Gasteiger partial charge >= 0.3 is 6.18 Å². The summed E-state index contributed by atoms with van der Waals surface area (Å²) in [5.74, 6) is 3.87. The molecule has 1 aliphatic heterocycles. The van der Waals surface area contributed by atoms with Crippen LogP contribution in [0.25, 0.3) is 10.8 Å². The third kappa shape index (κ3) is 18.3. The summed E-state index contributed by atoms with van der Waals surface area (Å²) >= 11 is 5.27. The number of fused-ring (bicyclic) bond motifs is 2. The van der Waals surface area contributed by atoms with E-state index >= 15 is 0 Å². The molecule has 1 heterocycles. The normalized spacial score (nSPS) is 25.4. The molecular weight excluding hydrogens is 900 g/mol. The monoisotopic (exact) mass is 979 g/mol. The molecule has 5 N–H and O–H groups in total. The highest BCUT2D eigenvalue weighted by atomic mass is 35.5. The van der Waals surface area contributed by atoms with Crippen LogP contribution >= 0.6 is 36.4 Å². The van der Waals surface area contributed by atoms with Gasteiger partial charge in [0.25, 0.3) is 0 Å². The topological polar surface area (TPSA) is 91.0 Å². The number of aliphatic hydroxyl groups is 2. The fourth-order valence-corrected chi connectivity index (χ4v) is 10.3. The molecule has 0 amide bonds. The molecule has 0 spiro atoms. The highest BCUT2D eigenvalue weighted by molar-refractivity contribution is 6.18. The predicted molar refractivity (Wildman–Crippen MR) is 277 cm³/mol. The predicted octanol–water partition coefficient (Wildman–Crippen LogP) is 14.3. The summed E-state index contributed by atoms with van der Waals surface area (Å²) in [6.45, 7) is 21.5. The third-order valence-corrected chi connectivity index (χ3v) is 14.2. The summed E-state index contributed by atoms with van der Waals surface area (Å²) in [6, 6.07) is 20.3. The van der Waals surface area contributed by atoms with E-state index in [0.29, 0.717) is 49.1 Å². The van der Waals surface area contributed by atoms with Crippen LogP contribution in [0.5, 0.6) is 0 Å². The van der Waals surface area contributed by atoms with Crippen molar-refractivity contribution >= 4 is 47.2 Å². The summed E-state index contributed by atoms with van der Waals surface area (Å²) in [5.41, 5.74) is 10.2. The van der Waals surface area contributed by atoms with Crippen LogP contribution in [-0.2, 0) is 17.3 Å². The zero-order valence-corrected chi connectivity index (χ0v) is 42.5. The van der Waals surface area contributed by atoms with Crippen molar-refractivity contribution in [2.45, 2.75) is 142 Å². The number of rotatable bonds is 14. The van der Waals surface area contributed by atoms with Crippen LogP contribution < -0.4 is 11.1 Å². The van der Waals surface area contributed by atoms with Crippen LogP contribution in [0.4, 0.5) is 13.2 Å². The number of allylic oxidation sites excluding steroid dienone is 3. The zero-order chi connectivity index (χ0) is 46.9. The molecule has 4 aliphatic rings. The second-order valence-electron chi connectivity index (χ2n) is 19.1. The minimum Gasteiger partial charge on any atom is -0.393 e. The molecule has 3 saturated carbocycles. The van der Waals surface area contributed by atoms with E-state index in [9.17, 15) is 23.4 Å². The molecule has 66 heavy (non-hydrogen) atoms. The van der Waals surface area contributed by atoms with Crippen molar-refractivity contribution in [2.75, 3.05) is 25.6 Å². The largest absolute Gasteiger partial charge is 0.416 e. The van der Waals surface area contributed by atoms with Gasteiger partial charge < -0.3 is 26.0 Å². The fourth-order valence-electron chi connectivity index (χ4n) is 10.1. The summed E-state index contributed by atoms with van der Waals surface area (Å²) < 4.78 is 43.0. The molecule has 0 bridgehead atoms.